The molecule has 0 aromatic heterocycles. The Labute approximate surface area is 106 Å². The highest BCUT2D eigenvalue weighted by molar-refractivity contribution is 7.86. The topological polar surface area (TPSA) is 104 Å². The Bertz CT molecular complexity index is 467. The number of hydrogen-bond acceptors (Lipinski definition) is 6. The highest BCUT2D eigenvalue weighted by Gasteiger charge is 2.26. The first kappa shape index (κ1) is 15.1. The fourth-order valence-electron chi connectivity index (χ4n) is 1.26. The minimum absolute atomic E-state index is 0.0725. The predicted octanol–water partition coefficient (Wildman–Crippen LogP) is -0.586. The molecule has 2 atom stereocenters. The molecule has 18 heavy (non-hydrogen) atoms. The van der Waals surface area contributed by atoms with Crippen LogP contribution in [-0.4, -0.2) is 49.2 Å². The van der Waals surface area contributed by atoms with Crippen molar-refractivity contribution < 1.29 is 27.9 Å². The van der Waals surface area contributed by atoms with E-state index in [0.29, 0.717) is 0 Å². The van der Waals surface area contributed by atoms with Gasteiger partial charge in [-0.2, -0.15) is 8.42 Å². The van der Waals surface area contributed by atoms with Crippen molar-refractivity contribution in [3.05, 3.63) is 29.8 Å². The van der Waals surface area contributed by atoms with E-state index in [1.807, 2.05) is 6.92 Å². The molecule has 0 saturated carbocycles. The van der Waals surface area contributed by atoms with E-state index in [1.165, 1.54) is 12.1 Å². The van der Waals surface area contributed by atoms with Gasteiger partial charge in [-0.25, -0.2) is 0 Å². The van der Waals surface area contributed by atoms with E-state index < -0.39 is 35.5 Å². The third-order valence-corrected chi connectivity index (χ3v) is 3.71. The summed E-state index contributed by atoms with van der Waals surface area (Å²) in [6.45, 7) is 0.394. The van der Waals surface area contributed by atoms with Gasteiger partial charge in [-0.05, 0) is 19.1 Å². The molecule has 6 nitrogen and oxygen atoms in total. The third-order valence-electron chi connectivity index (χ3n) is 2.36. The average molecular weight is 276 g/mol. The van der Waals surface area contributed by atoms with Gasteiger partial charge in [0, 0.05) is 0 Å². The van der Waals surface area contributed by atoms with Crippen molar-refractivity contribution in [2.45, 2.75) is 24.0 Å². The van der Waals surface area contributed by atoms with Crippen molar-refractivity contribution in [2.24, 2.45) is 0 Å². The van der Waals surface area contributed by atoms with Crippen LogP contribution in [0.2, 0.25) is 0 Å². The van der Waals surface area contributed by atoms with Gasteiger partial charge in [0.2, 0.25) is 0 Å². The van der Waals surface area contributed by atoms with Gasteiger partial charge in [0.05, 0.1) is 18.1 Å². The lowest BCUT2D eigenvalue weighted by atomic mass is 10.2. The quantitative estimate of drug-likeness (QED) is 0.600. The highest BCUT2D eigenvalue weighted by atomic mass is 32.2. The second-order valence-electron chi connectivity index (χ2n) is 3.83. The molecule has 0 aliphatic heterocycles. The lowest BCUT2D eigenvalue weighted by Gasteiger charge is -2.19. The van der Waals surface area contributed by atoms with Crippen LogP contribution in [0.5, 0.6) is 0 Å². The summed E-state index contributed by atoms with van der Waals surface area (Å²) >= 11 is 0. The molecule has 0 unspecified atom stereocenters. The predicted molar refractivity (Wildman–Crippen MR) is 63.4 cm³/mol. The van der Waals surface area contributed by atoms with E-state index in [9.17, 15) is 13.5 Å². The van der Waals surface area contributed by atoms with Crippen LogP contribution in [0.3, 0.4) is 0 Å². The van der Waals surface area contributed by atoms with E-state index in [-0.39, 0.29) is 4.90 Å². The Morgan fingerprint density at radius 2 is 1.72 bits per heavy atom. The van der Waals surface area contributed by atoms with E-state index in [2.05, 4.69) is 4.18 Å². The second-order valence-corrected chi connectivity index (χ2v) is 5.41. The van der Waals surface area contributed by atoms with Crippen molar-refractivity contribution in [3.63, 3.8) is 0 Å². The second kappa shape index (κ2) is 6.26. The van der Waals surface area contributed by atoms with Gasteiger partial charge in [0.25, 0.3) is 10.1 Å². The molecule has 1 aromatic rings. The molecule has 1 rings (SSSR count). The minimum Gasteiger partial charge on any atom is -0.394 e. The minimum atomic E-state index is -4.07. The molecule has 102 valence electrons. The van der Waals surface area contributed by atoms with Gasteiger partial charge in [0.15, 0.2) is 0 Å². The zero-order valence-corrected chi connectivity index (χ0v) is 10.7. The summed E-state index contributed by atoms with van der Waals surface area (Å²) < 4.78 is 28.3. The number of aliphatic hydroxyl groups excluding tert-OH is 3. The molecule has 0 spiro atoms. The maximum atomic E-state index is 11.8. The number of hydrogen-bond donors (Lipinski definition) is 3. The number of aliphatic hydroxyl groups is 3. The molecule has 0 heterocycles. The summed E-state index contributed by atoms with van der Waals surface area (Å²) in [6.07, 6.45) is -2.85. The molecule has 0 aliphatic carbocycles. The summed E-state index contributed by atoms with van der Waals surface area (Å²) in [5, 5.41) is 26.9. The lowest BCUT2D eigenvalue weighted by molar-refractivity contribution is -0.0226. The van der Waals surface area contributed by atoms with Gasteiger partial charge >= 0.3 is 0 Å². The van der Waals surface area contributed by atoms with Gasteiger partial charge in [-0.1, -0.05) is 17.7 Å². The highest BCUT2D eigenvalue weighted by Crippen LogP contribution is 2.16. The molecule has 1 aromatic carbocycles. The smallest absolute Gasteiger partial charge is 0.297 e. The first-order valence-electron chi connectivity index (χ1n) is 5.30. The summed E-state index contributed by atoms with van der Waals surface area (Å²) in [4.78, 5) is -0.0725. The van der Waals surface area contributed by atoms with Crippen LogP contribution in [-0.2, 0) is 14.3 Å². The van der Waals surface area contributed by atoms with Crippen LogP contribution in [0.1, 0.15) is 5.56 Å². The first-order valence-corrected chi connectivity index (χ1v) is 6.71. The summed E-state index contributed by atoms with van der Waals surface area (Å²) in [5.41, 5.74) is 0.892. The fourth-order valence-corrected chi connectivity index (χ4v) is 2.35. The summed E-state index contributed by atoms with van der Waals surface area (Å²) in [7, 11) is -4.07. The number of aryl methyl sites for hydroxylation is 1. The molecule has 7 heteroatoms. The molecule has 0 fully saturated rings. The van der Waals surface area contributed by atoms with E-state index in [1.54, 1.807) is 12.1 Å². The Balaban J connectivity index is 2.90. The molecule has 0 radical (unpaired) electrons. The van der Waals surface area contributed by atoms with Gasteiger partial charge < -0.3 is 15.3 Å². The number of benzene rings is 1. The first-order chi connectivity index (χ1) is 8.40. The molecular formula is C11H16O6S. The van der Waals surface area contributed by atoms with Crippen molar-refractivity contribution in [1.82, 2.24) is 0 Å². The van der Waals surface area contributed by atoms with E-state index >= 15 is 0 Å². The van der Waals surface area contributed by atoms with Gasteiger partial charge in [0.1, 0.15) is 12.2 Å². The molecule has 0 aliphatic rings. The summed E-state index contributed by atoms with van der Waals surface area (Å²) in [6, 6.07) is 5.94. The van der Waals surface area contributed by atoms with Crippen LogP contribution >= 0.6 is 0 Å². The Morgan fingerprint density at radius 3 is 2.17 bits per heavy atom. The Hall–Kier alpha value is -0.990. The van der Waals surface area contributed by atoms with Crippen molar-refractivity contribution in [1.29, 1.82) is 0 Å². The van der Waals surface area contributed by atoms with Crippen molar-refractivity contribution >= 4 is 10.1 Å². The molecular weight excluding hydrogens is 260 g/mol. The zero-order chi connectivity index (χ0) is 13.8. The summed E-state index contributed by atoms with van der Waals surface area (Å²) in [5.74, 6) is 0. The Morgan fingerprint density at radius 1 is 1.17 bits per heavy atom. The monoisotopic (exact) mass is 276 g/mol. The maximum Gasteiger partial charge on any atom is 0.297 e. The fraction of sp³-hybridized carbons (Fsp3) is 0.455. The maximum absolute atomic E-state index is 11.8. The van der Waals surface area contributed by atoms with Crippen LogP contribution in [0.4, 0.5) is 0 Å². The van der Waals surface area contributed by atoms with E-state index in [4.69, 9.17) is 10.2 Å². The largest absolute Gasteiger partial charge is 0.394 e. The van der Waals surface area contributed by atoms with Crippen LogP contribution < -0.4 is 0 Å². The van der Waals surface area contributed by atoms with Gasteiger partial charge in [-0.3, -0.25) is 4.18 Å². The lowest BCUT2D eigenvalue weighted by Crippen LogP contribution is -2.36. The van der Waals surface area contributed by atoms with Crippen molar-refractivity contribution in [3.8, 4) is 0 Å². The van der Waals surface area contributed by atoms with E-state index in [0.717, 1.165) is 5.56 Å². The molecule has 3 N–H and O–H groups in total. The standard InChI is InChI=1S/C11H16O6S/c1-8-2-4-9(5-3-8)18(15,16)17-11(7-13)10(14)6-12/h2-5,10-14H,6-7H2,1H3/t10-,11+/m1/s1. The average Bonchev–Trinajstić information content (AvgIpc) is 2.35. The zero-order valence-electron chi connectivity index (χ0n) is 9.85. The van der Waals surface area contributed by atoms with Crippen LogP contribution in [0.15, 0.2) is 29.2 Å². The van der Waals surface area contributed by atoms with Gasteiger partial charge in [-0.15, -0.1) is 0 Å². The van der Waals surface area contributed by atoms with Crippen LogP contribution in [0, 0.1) is 6.92 Å². The molecule has 0 saturated heterocycles. The number of rotatable bonds is 6. The van der Waals surface area contributed by atoms with Crippen molar-refractivity contribution in [2.75, 3.05) is 13.2 Å². The SMILES string of the molecule is Cc1ccc(S(=O)(=O)O[C@@H](CO)[C@H](O)CO)cc1. The third kappa shape index (κ3) is 3.76. The molecule has 0 bridgehead atoms. The molecule has 0 amide bonds. The normalized spacial score (nSPS) is 15.3. The van der Waals surface area contributed by atoms with Crippen LogP contribution in [0.25, 0.3) is 0 Å². The Kier molecular flexibility index (Phi) is 5.24.